The van der Waals surface area contributed by atoms with Crippen LogP contribution in [-0.4, -0.2) is 13.1 Å². The molecule has 0 amide bonds. The van der Waals surface area contributed by atoms with E-state index in [1.165, 1.54) is 12.1 Å². The van der Waals surface area contributed by atoms with E-state index in [1.807, 2.05) is 0 Å². The SMILES string of the molecule is FC(F)(F)c1ccc(CC2CCNCC2)c(C2CC2)c1. The summed E-state index contributed by atoms with van der Waals surface area (Å²) >= 11 is 0. The lowest BCUT2D eigenvalue weighted by Gasteiger charge is -2.24. The van der Waals surface area contributed by atoms with Crippen LogP contribution in [0.3, 0.4) is 0 Å². The van der Waals surface area contributed by atoms with E-state index < -0.39 is 11.7 Å². The van der Waals surface area contributed by atoms with Gasteiger partial charge in [-0.2, -0.15) is 13.2 Å². The van der Waals surface area contributed by atoms with Crippen LogP contribution < -0.4 is 5.32 Å². The van der Waals surface area contributed by atoms with Crippen LogP contribution in [0.1, 0.15) is 48.3 Å². The smallest absolute Gasteiger partial charge is 0.317 e. The zero-order valence-electron chi connectivity index (χ0n) is 11.5. The van der Waals surface area contributed by atoms with Gasteiger partial charge in [-0.25, -0.2) is 0 Å². The minimum absolute atomic E-state index is 0.369. The summed E-state index contributed by atoms with van der Waals surface area (Å²) in [5, 5.41) is 3.33. The molecule has 2 fully saturated rings. The molecule has 1 aliphatic carbocycles. The molecule has 110 valence electrons. The molecule has 0 aromatic heterocycles. The lowest BCUT2D eigenvalue weighted by atomic mass is 9.87. The highest BCUT2D eigenvalue weighted by molar-refractivity contribution is 5.38. The van der Waals surface area contributed by atoms with Crippen molar-refractivity contribution in [2.45, 2.75) is 44.2 Å². The summed E-state index contributed by atoms with van der Waals surface area (Å²) in [6.07, 6.45) is 1.06. The van der Waals surface area contributed by atoms with Gasteiger partial charge in [0.25, 0.3) is 0 Å². The average Bonchev–Trinajstić information content (AvgIpc) is 3.23. The fourth-order valence-electron chi connectivity index (χ4n) is 3.13. The van der Waals surface area contributed by atoms with Gasteiger partial charge in [-0.05, 0) is 80.3 Å². The topological polar surface area (TPSA) is 12.0 Å². The molecular weight excluding hydrogens is 263 g/mol. The van der Waals surface area contributed by atoms with E-state index >= 15 is 0 Å². The first-order valence-corrected chi connectivity index (χ1v) is 7.45. The summed E-state index contributed by atoms with van der Waals surface area (Å²) < 4.78 is 38.5. The summed E-state index contributed by atoms with van der Waals surface area (Å²) in [6.45, 7) is 2.06. The Hall–Kier alpha value is -1.03. The first-order chi connectivity index (χ1) is 9.54. The summed E-state index contributed by atoms with van der Waals surface area (Å²) in [7, 11) is 0. The van der Waals surface area contributed by atoms with Crippen molar-refractivity contribution in [3.05, 3.63) is 34.9 Å². The van der Waals surface area contributed by atoms with Gasteiger partial charge in [0.15, 0.2) is 0 Å². The number of hydrogen-bond donors (Lipinski definition) is 1. The first kappa shape index (κ1) is 13.9. The van der Waals surface area contributed by atoms with Crippen LogP contribution >= 0.6 is 0 Å². The van der Waals surface area contributed by atoms with E-state index in [1.54, 1.807) is 6.07 Å². The van der Waals surface area contributed by atoms with Gasteiger partial charge < -0.3 is 5.32 Å². The van der Waals surface area contributed by atoms with Gasteiger partial charge in [-0.15, -0.1) is 0 Å². The second kappa shape index (κ2) is 5.40. The Morgan fingerprint density at radius 2 is 1.75 bits per heavy atom. The van der Waals surface area contributed by atoms with Crippen molar-refractivity contribution in [1.82, 2.24) is 5.32 Å². The Bertz CT molecular complexity index is 471. The lowest BCUT2D eigenvalue weighted by molar-refractivity contribution is -0.137. The second-order valence-electron chi connectivity index (χ2n) is 6.08. The molecule has 3 rings (SSSR count). The number of hydrogen-bond acceptors (Lipinski definition) is 1. The monoisotopic (exact) mass is 283 g/mol. The predicted molar refractivity (Wildman–Crippen MR) is 72.7 cm³/mol. The van der Waals surface area contributed by atoms with Crippen molar-refractivity contribution < 1.29 is 13.2 Å². The van der Waals surface area contributed by atoms with Crippen LogP contribution in [0.2, 0.25) is 0 Å². The molecule has 1 aromatic carbocycles. The minimum Gasteiger partial charge on any atom is -0.317 e. The van der Waals surface area contributed by atoms with Crippen molar-refractivity contribution in [2.24, 2.45) is 5.92 Å². The summed E-state index contributed by atoms with van der Waals surface area (Å²) in [5.74, 6) is 0.986. The van der Waals surface area contributed by atoms with Crippen LogP contribution in [0.4, 0.5) is 13.2 Å². The van der Waals surface area contributed by atoms with E-state index in [9.17, 15) is 13.2 Å². The van der Waals surface area contributed by atoms with E-state index in [2.05, 4.69) is 5.32 Å². The maximum absolute atomic E-state index is 12.8. The molecule has 0 spiro atoms. The molecule has 1 aromatic rings. The third kappa shape index (κ3) is 3.17. The van der Waals surface area contributed by atoms with Crippen molar-refractivity contribution >= 4 is 0 Å². The fourth-order valence-corrected chi connectivity index (χ4v) is 3.13. The molecule has 0 unspecified atom stereocenters. The quantitative estimate of drug-likeness (QED) is 0.879. The van der Waals surface area contributed by atoms with Gasteiger partial charge in [0.05, 0.1) is 5.56 Å². The highest BCUT2D eigenvalue weighted by Gasteiger charge is 2.34. The van der Waals surface area contributed by atoms with Gasteiger partial charge in [0.2, 0.25) is 0 Å². The Morgan fingerprint density at radius 1 is 1.05 bits per heavy atom. The van der Waals surface area contributed by atoms with Gasteiger partial charge in [-0.1, -0.05) is 6.07 Å². The normalized spacial score (nSPS) is 21.1. The van der Waals surface area contributed by atoms with Crippen molar-refractivity contribution in [2.75, 3.05) is 13.1 Å². The van der Waals surface area contributed by atoms with Crippen molar-refractivity contribution in [3.8, 4) is 0 Å². The Balaban J connectivity index is 1.82. The van der Waals surface area contributed by atoms with Gasteiger partial charge >= 0.3 is 6.18 Å². The van der Waals surface area contributed by atoms with Crippen LogP contribution in [0.5, 0.6) is 0 Å². The molecule has 1 saturated heterocycles. The minimum atomic E-state index is -4.23. The molecule has 1 N–H and O–H groups in total. The Labute approximate surface area is 117 Å². The Kier molecular flexibility index (Phi) is 3.76. The van der Waals surface area contributed by atoms with E-state index in [-0.39, 0.29) is 0 Å². The number of rotatable bonds is 3. The van der Waals surface area contributed by atoms with E-state index in [0.29, 0.717) is 11.8 Å². The van der Waals surface area contributed by atoms with Crippen molar-refractivity contribution in [3.63, 3.8) is 0 Å². The maximum Gasteiger partial charge on any atom is 0.416 e. The third-order valence-corrected chi connectivity index (χ3v) is 4.46. The van der Waals surface area contributed by atoms with Crippen molar-refractivity contribution in [1.29, 1.82) is 0 Å². The fraction of sp³-hybridized carbons (Fsp3) is 0.625. The molecule has 4 heteroatoms. The van der Waals surface area contributed by atoms with Gasteiger partial charge in [0, 0.05) is 0 Å². The molecule has 1 aliphatic heterocycles. The molecule has 1 heterocycles. The van der Waals surface area contributed by atoms with Gasteiger partial charge in [0.1, 0.15) is 0 Å². The zero-order valence-corrected chi connectivity index (χ0v) is 11.5. The number of piperidine rings is 1. The van der Waals surface area contributed by atoms with Crippen LogP contribution in [0.15, 0.2) is 18.2 Å². The number of nitrogens with one attached hydrogen (secondary N) is 1. The zero-order chi connectivity index (χ0) is 14.2. The molecular formula is C16H20F3N. The highest BCUT2D eigenvalue weighted by Crippen LogP contribution is 2.44. The average molecular weight is 283 g/mol. The standard InChI is InChI=1S/C16H20F3N/c17-16(18,19)14-4-3-13(15(10-14)12-1-2-12)9-11-5-7-20-8-6-11/h3-4,10-12,20H,1-2,5-9H2. The Morgan fingerprint density at radius 3 is 2.35 bits per heavy atom. The third-order valence-electron chi connectivity index (χ3n) is 4.46. The number of halogens is 3. The van der Waals surface area contributed by atoms with Gasteiger partial charge in [-0.3, -0.25) is 0 Å². The van der Waals surface area contributed by atoms with Crippen LogP contribution in [-0.2, 0) is 12.6 Å². The van der Waals surface area contributed by atoms with Crippen LogP contribution in [0, 0.1) is 5.92 Å². The molecule has 2 aliphatic rings. The molecule has 0 radical (unpaired) electrons. The summed E-state index contributed by atoms with van der Waals surface area (Å²) in [6, 6.07) is 4.37. The summed E-state index contributed by atoms with van der Waals surface area (Å²) in [4.78, 5) is 0. The maximum atomic E-state index is 12.8. The molecule has 0 atom stereocenters. The lowest BCUT2D eigenvalue weighted by Crippen LogP contribution is -2.28. The predicted octanol–water partition coefficient (Wildman–Crippen LogP) is 4.12. The first-order valence-electron chi connectivity index (χ1n) is 7.45. The largest absolute Gasteiger partial charge is 0.416 e. The number of alkyl halides is 3. The van der Waals surface area contributed by atoms with E-state index in [0.717, 1.165) is 56.3 Å². The highest BCUT2D eigenvalue weighted by atomic mass is 19.4. The summed E-state index contributed by atoms with van der Waals surface area (Å²) in [5.41, 5.74) is 1.61. The molecule has 20 heavy (non-hydrogen) atoms. The van der Waals surface area contributed by atoms with E-state index in [4.69, 9.17) is 0 Å². The van der Waals surface area contributed by atoms with Crippen LogP contribution in [0.25, 0.3) is 0 Å². The molecule has 1 saturated carbocycles. The second-order valence-corrected chi connectivity index (χ2v) is 6.08. The number of benzene rings is 1. The molecule has 1 nitrogen and oxygen atoms in total. The molecule has 0 bridgehead atoms.